The minimum absolute atomic E-state index is 0.0967. The van der Waals surface area contributed by atoms with Crippen molar-refractivity contribution in [2.75, 3.05) is 6.61 Å². The van der Waals surface area contributed by atoms with Gasteiger partial charge < -0.3 is 14.3 Å². The second kappa shape index (κ2) is 7.31. The summed E-state index contributed by atoms with van der Waals surface area (Å²) in [4.78, 5) is 24.9. The number of rotatable bonds is 6. The Hall–Kier alpha value is -3.41. The number of imidazole rings is 1. The first-order chi connectivity index (χ1) is 13.6. The number of carbonyl (C=O) groups is 1. The molecule has 0 unspecified atom stereocenters. The van der Waals surface area contributed by atoms with Crippen LogP contribution in [0.4, 0.5) is 0 Å². The maximum Gasteiger partial charge on any atom is 0.204 e. The lowest BCUT2D eigenvalue weighted by atomic mass is 10.1. The Kier molecular flexibility index (Phi) is 4.69. The molecule has 0 saturated heterocycles. The summed E-state index contributed by atoms with van der Waals surface area (Å²) in [6.07, 6.45) is 5.88. The second-order valence-corrected chi connectivity index (χ2v) is 6.75. The number of H-pyrrole nitrogens is 1. The van der Waals surface area contributed by atoms with E-state index in [0.29, 0.717) is 18.1 Å². The number of ether oxygens (including phenoxy) is 1. The fraction of sp³-hybridized carbons (Fsp3) is 0.227. The molecule has 4 rings (SSSR count). The van der Waals surface area contributed by atoms with Crippen molar-refractivity contribution < 1.29 is 9.53 Å². The van der Waals surface area contributed by atoms with Gasteiger partial charge in [-0.3, -0.25) is 9.78 Å². The van der Waals surface area contributed by atoms with Crippen molar-refractivity contribution in [3.63, 3.8) is 0 Å². The van der Waals surface area contributed by atoms with Crippen molar-refractivity contribution in [3.05, 3.63) is 71.6 Å². The highest BCUT2D eigenvalue weighted by Crippen LogP contribution is 2.25. The molecule has 6 nitrogen and oxygen atoms in total. The lowest BCUT2D eigenvalue weighted by molar-refractivity contribution is 0.0983. The van der Waals surface area contributed by atoms with Crippen molar-refractivity contribution >= 4 is 16.8 Å². The molecule has 0 spiro atoms. The van der Waals surface area contributed by atoms with Gasteiger partial charge in [0.1, 0.15) is 5.75 Å². The van der Waals surface area contributed by atoms with Crippen LogP contribution in [0.3, 0.4) is 0 Å². The van der Waals surface area contributed by atoms with E-state index in [1.807, 2.05) is 68.1 Å². The highest BCUT2D eigenvalue weighted by atomic mass is 16.5. The topological polar surface area (TPSA) is 72.8 Å². The Labute approximate surface area is 163 Å². The van der Waals surface area contributed by atoms with E-state index in [1.54, 1.807) is 6.20 Å². The van der Waals surface area contributed by atoms with E-state index in [9.17, 15) is 4.79 Å². The number of nitrogens with zero attached hydrogens (tertiary/aromatic N) is 3. The van der Waals surface area contributed by atoms with E-state index in [-0.39, 0.29) is 12.2 Å². The van der Waals surface area contributed by atoms with Crippen LogP contribution in [0.5, 0.6) is 5.75 Å². The standard InChI is InChI=1S/C22H22N4O2/c1-4-28-21-14(2)13-23-18(15(21)3)12-20(27)22-24-17-8-7-16(11-19(17)25-22)26-9-5-6-10-26/h5-11,13H,4,12H2,1-3H3,(H,24,25). The van der Waals surface area contributed by atoms with Crippen LogP contribution in [0.2, 0.25) is 0 Å². The molecule has 142 valence electrons. The Bertz CT molecular complexity index is 1140. The zero-order valence-corrected chi connectivity index (χ0v) is 16.2. The van der Waals surface area contributed by atoms with E-state index >= 15 is 0 Å². The molecule has 0 radical (unpaired) electrons. The average Bonchev–Trinajstić information content (AvgIpc) is 3.36. The summed E-state index contributed by atoms with van der Waals surface area (Å²) in [5.41, 5.74) is 5.19. The number of aromatic nitrogens is 4. The maximum atomic E-state index is 12.8. The van der Waals surface area contributed by atoms with Gasteiger partial charge in [-0.25, -0.2) is 4.98 Å². The van der Waals surface area contributed by atoms with Gasteiger partial charge in [-0.2, -0.15) is 0 Å². The number of hydrogen-bond donors (Lipinski definition) is 1. The van der Waals surface area contributed by atoms with Gasteiger partial charge in [0.2, 0.25) is 5.78 Å². The number of fused-ring (bicyclic) bond motifs is 1. The van der Waals surface area contributed by atoms with Crippen LogP contribution in [0, 0.1) is 13.8 Å². The van der Waals surface area contributed by atoms with Crippen LogP contribution in [-0.4, -0.2) is 31.9 Å². The SMILES string of the molecule is CCOc1c(C)cnc(CC(=O)c2nc3cc(-n4cccc4)ccc3[nH]2)c1C. The summed E-state index contributed by atoms with van der Waals surface area (Å²) < 4.78 is 7.72. The Balaban J connectivity index is 1.62. The number of pyridine rings is 1. The van der Waals surface area contributed by atoms with E-state index in [2.05, 4.69) is 15.0 Å². The number of aryl methyl sites for hydroxylation is 1. The van der Waals surface area contributed by atoms with Crippen molar-refractivity contribution in [2.45, 2.75) is 27.2 Å². The fourth-order valence-electron chi connectivity index (χ4n) is 3.33. The van der Waals surface area contributed by atoms with Crippen LogP contribution in [0.1, 0.15) is 34.4 Å². The Morgan fingerprint density at radius 3 is 2.75 bits per heavy atom. The van der Waals surface area contributed by atoms with Gasteiger partial charge >= 0.3 is 0 Å². The van der Waals surface area contributed by atoms with E-state index in [4.69, 9.17) is 4.74 Å². The summed E-state index contributed by atoms with van der Waals surface area (Å²) in [5.74, 6) is 1.06. The molecule has 0 saturated carbocycles. The van der Waals surface area contributed by atoms with E-state index in [0.717, 1.165) is 33.6 Å². The lowest BCUT2D eigenvalue weighted by Gasteiger charge is -2.13. The molecule has 0 aliphatic heterocycles. The molecule has 0 aliphatic carbocycles. The minimum Gasteiger partial charge on any atom is -0.493 e. The molecule has 0 amide bonds. The van der Waals surface area contributed by atoms with Crippen molar-refractivity contribution in [3.8, 4) is 11.4 Å². The first-order valence-electron chi connectivity index (χ1n) is 9.31. The smallest absolute Gasteiger partial charge is 0.204 e. The van der Waals surface area contributed by atoms with Gasteiger partial charge in [0.25, 0.3) is 0 Å². The monoisotopic (exact) mass is 374 g/mol. The summed E-state index contributed by atoms with van der Waals surface area (Å²) in [5, 5.41) is 0. The minimum atomic E-state index is -0.0967. The zero-order chi connectivity index (χ0) is 19.7. The highest BCUT2D eigenvalue weighted by Gasteiger charge is 2.17. The third kappa shape index (κ3) is 3.29. The maximum absolute atomic E-state index is 12.8. The summed E-state index contributed by atoms with van der Waals surface area (Å²) in [6.45, 7) is 6.42. The molecule has 6 heteroatoms. The predicted molar refractivity (Wildman–Crippen MR) is 108 cm³/mol. The molecule has 0 fully saturated rings. The molecule has 0 aliphatic rings. The first kappa shape index (κ1) is 18.0. The van der Waals surface area contributed by atoms with Gasteiger partial charge in [0.05, 0.1) is 29.8 Å². The van der Waals surface area contributed by atoms with Crippen LogP contribution in [0.15, 0.2) is 48.9 Å². The Morgan fingerprint density at radius 1 is 1.21 bits per heavy atom. The molecule has 28 heavy (non-hydrogen) atoms. The van der Waals surface area contributed by atoms with Gasteiger partial charge in [-0.1, -0.05) is 0 Å². The van der Waals surface area contributed by atoms with E-state index in [1.165, 1.54) is 0 Å². The molecule has 3 heterocycles. The normalized spacial score (nSPS) is 11.1. The Morgan fingerprint density at radius 2 is 2.00 bits per heavy atom. The van der Waals surface area contributed by atoms with Crippen LogP contribution in [0.25, 0.3) is 16.7 Å². The number of nitrogens with one attached hydrogen (secondary N) is 1. The number of hydrogen-bond acceptors (Lipinski definition) is 4. The lowest BCUT2D eigenvalue weighted by Crippen LogP contribution is -2.10. The van der Waals surface area contributed by atoms with Crippen LogP contribution < -0.4 is 4.74 Å². The van der Waals surface area contributed by atoms with Crippen molar-refractivity contribution in [1.82, 2.24) is 19.5 Å². The zero-order valence-electron chi connectivity index (χ0n) is 16.2. The first-order valence-corrected chi connectivity index (χ1v) is 9.31. The van der Waals surface area contributed by atoms with Crippen molar-refractivity contribution in [1.29, 1.82) is 0 Å². The molecule has 0 bridgehead atoms. The predicted octanol–water partition coefficient (Wildman–Crippen LogP) is 4.19. The molecule has 4 aromatic rings. The largest absolute Gasteiger partial charge is 0.493 e. The number of ketones is 1. The van der Waals surface area contributed by atoms with Crippen molar-refractivity contribution in [2.24, 2.45) is 0 Å². The summed E-state index contributed by atoms with van der Waals surface area (Å²) in [7, 11) is 0. The average molecular weight is 374 g/mol. The number of benzene rings is 1. The number of carbonyl (C=O) groups excluding carboxylic acids is 1. The molecular formula is C22H22N4O2. The van der Waals surface area contributed by atoms with E-state index < -0.39 is 0 Å². The van der Waals surface area contributed by atoms with Gasteiger partial charge in [0, 0.05) is 35.4 Å². The molecular weight excluding hydrogens is 352 g/mol. The third-order valence-corrected chi connectivity index (χ3v) is 4.80. The molecule has 1 N–H and O–H groups in total. The molecule has 3 aromatic heterocycles. The number of Topliss-reactive ketones (excluding diaryl/α,β-unsaturated/α-hetero) is 1. The fourth-order valence-corrected chi connectivity index (χ4v) is 3.33. The second-order valence-electron chi connectivity index (χ2n) is 6.75. The third-order valence-electron chi connectivity index (χ3n) is 4.80. The van der Waals surface area contributed by atoms with Gasteiger partial charge in [-0.15, -0.1) is 0 Å². The van der Waals surface area contributed by atoms with Crippen LogP contribution in [-0.2, 0) is 6.42 Å². The van der Waals surface area contributed by atoms with Gasteiger partial charge in [-0.05, 0) is 51.1 Å². The highest BCUT2D eigenvalue weighted by molar-refractivity contribution is 5.97. The number of aromatic amines is 1. The van der Waals surface area contributed by atoms with Gasteiger partial charge in [0.15, 0.2) is 5.82 Å². The summed E-state index contributed by atoms with van der Waals surface area (Å²) in [6, 6.07) is 9.84. The van der Waals surface area contributed by atoms with Crippen LogP contribution >= 0.6 is 0 Å². The molecule has 0 atom stereocenters. The molecule has 1 aromatic carbocycles. The summed E-state index contributed by atoms with van der Waals surface area (Å²) >= 11 is 0. The quantitative estimate of drug-likeness (QED) is 0.514.